The zero-order valence-electron chi connectivity index (χ0n) is 8.69. The summed E-state index contributed by atoms with van der Waals surface area (Å²) in [5.74, 6) is -0.772. The van der Waals surface area contributed by atoms with Gasteiger partial charge in [0.1, 0.15) is 0 Å². The van der Waals surface area contributed by atoms with Gasteiger partial charge in [0.05, 0.1) is 6.42 Å². The van der Waals surface area contributed by atoms with Crippen molar-refractivity contribution in [2.75, 3.05) is 11.9 Å². The van der Waals surface area contributed by atoms with Gasteiger partial charge >= 0.3 is 5.97 Å². The lowest BCUT2D eigenvalue weighted by Crippen LogP contribution is -2.08. The normalized spacial score (nSPS) is 9.13. The third kappa shape index (κ3) is 4.70. The van der Waals surface area contributed by atoms with Crippen molar-refractivity contribution in [3.63, 3.8) is 0 Å². The van der Waals surface area contributed by atoms with Crippen molar-refractivity contribution >= 4 is 24.1 Å². The Hall–Kier alpha value is -1.22. The van der Waals surface area contributed by atoms with Crippen LogP contribution in [0.4, 0.5) is 5.69 Å². The zero-order valence-corrected chi connectivity index (χ0v) is 9.51. The van der Waals surface area contributed by atoms with Crippen LogP contribution in [0.2, 0.25) is 0 Å². The van der Waals surface area contributed by atoms with Crippen LogP contribution in [0.1, 0.15) is 18.9 Å². The molecular weight excluding hydrogens is 214 g/mol. The van der Waals surface area contributed by atoms with Gasteiger partial charge in [-0.1, -0.05) is 25.1 Å². The summed E-state index contributed by atoms with van der Waals surface area (Å²) in [5.41, 5.74) is 2.26. The summed E-state index contributed by atoms with van der Waals surface area (Å²) < 4.78 is 0. The molecule has 0 fully saturated rings. The molecule has 1 rings (SSSR count). The number of benzene rings is 1. The molecule has 0 saturated carbocycles. The highest BCUT2D eigenvalue weighted by Gasteiger charge is 1.99. The molecule has 0 saturated heterocycles. The minimum atomic E-state index is -0.772. The highest BCUT2D eigenvalue weighted by molar-refractivity contribution is 5.85. The van der Waals surface area contributed by atoms with E-state index in [9.17, 15) is 4.79 Å². The number of hydrogen-bond acceptors (Lipinski definition) is 2. The van der Waals surface area contributed by atoms with Crippen molar-refractivity contribution in [1.82, 2.24) is 0 Å². The summed E-state index contributed by atoms with van der Waals surface area (Å²) in [5, 5.41) is 11.6. The van der Waals surface area contributed by atoms with Gasteiger partial charge in [0.2, 0.25) is 0 Å². The van der Waals surface area contributed by atoms with Crippen molar-refractivity contribution in [1.29, 1.82) is 0 Å². The quantitative estimate of drug-likeness (QED) is 0.816. The van der Waals surface area contributed by atoms with Crippen LogP contribution in [0.3, 0.4) is 0 Å². The molecule has 0 aliphatic carbocycles. The van der Waals surface area contributed by atoms with Gasteiger partial charge in [-0.2, -0.15) is 0 Å². The van der Waals surface area contributed by atoms with Gasteiger partial charge in [-0.15, -0.1) is 12.4 Å². The lowest BCUT2D eigenvalue weighted by atomic mass is 10.1. The second kappa shape index (κ2) is 7.12. The summed E-state index contributed by atoms with van der Waals surface area (Å²) in [7, 11) is 0. The monoisotopic (exact) mass is 229 g/mol. The summed E-state index contributed by atoms with van der Waals surface area (Å²) in [4.78, 5) is 10.3. The Morgan fingerprint density at radius 1 is 1.40 bits per heavy atom. The lowest BCUT2D eigenvalue weighted by molar-refractivity contribution is -0.136. The molecule has 0 unspecified atom stereocenters. The van der Waals surface area contributed by atoms with E-state index in [1.165, 1.54) is 5.56 Å². The molecule has 0 amide bonds. The molecule has 4 heteroatoms. The van der Waals surface area contributed by atoms with E-state index in [-0.39, 0.29) is 18.8 Å². The first-order valence-corrected chi connectivity index (χ1v) is 4.77. The van der Waals surface area contributed by atoms with Crippen LogP contribution in [0.5, 0.6) is 0 Å². The maximum atomic E-state index is 10.3. The summed E-state index contributed by atoms with van der Waals surface area (Å²) in [6.07, 6.45) is 1.11. The number of carboxylic acids is 1. The summed E-state index contributed by atoms with van der Waals surface area (Å²) >= 11 is 0. The van der Waals surface area contributed by atoms with E-state index >= 15 is 0 Å². The third-order valence-electron chi connectivity index (χ3n) is 2.05. The minimum absolute atomic E-state index is 0. The number of aryl methyl sites for hydroxylation is 1. The first kappa shape index (κ1) is 13.8. The average Bonchev–Trinajstić information content (AvgIpc) is 2.18. The highest BCUT2D eigenvalue weighted by atomic mass is 35.5. The number of halogens is 1. The first-order chi connectivity index (χ1) is 6.74. The predicted molar refractivity (Wildman–Crippen MR) is 63.8 cm³/mol. The van der Waals surface area contributed by atoms with Crippen molar-refractivity contribution in [3.05, 3.63) is 29.8 Å². The van der Waals surface area contributed by atoms with Crippen molar-refractivity contribution in [2.24, 2.45) is 0 Å². The predicted octanol–water partition coefficient (Wildman–Crippen LogP) is 2.56. The van der Waals surface area contributed by atoms with E-state index in [4.69, 9.17) is 5.11 Å². The van der Waals surface area contributed by atoms with Crippen molar-refractivity contribution in [3.8, 4) is 0 Å². The van der Waals surface area contributed by atoms with Crippen LogP contribution in [0.25, 0.3) is 0 Å². The first-order valence-electron chi connectivity index (χ1n) is 4.77. The van der Waals surface area contributed by atoms with E-state index in [0.29, 0.717) is 6.54 Å². The molecule has 0 atom stereocenters. The van der Waals surface area contributed by atoms with Crippen molar-refractivity contribution < 1.29 is 9.90 Å². The number of carboxylic acid groups (broad SMARTS) is 1. The van der Waals surface area contributed by atoms with Gasteiger partial charge in [-0.25, -0.2) is 0 Å². The molecule has 0 aliphatic heterocycles. The number of hydrogen-bond donors (Lipinski definition) is 2. The van der Waals surface area contributed by atoms with Crippen LogP contribution in [0, 0.1) is 0 Å². The Kier molecular flexibility index (Phi) is 6.54. The molecule has 15 heavy (non-hydrogen) atoms. The van der Waals surface area contributed by atoms with Gasteiger partial charge in [0, 0.05) is 12.2 Å². The molecule has 3 nitrogen and oxygen atoms in total. The van der Waals surface area contributed by atoms with Crippen LogP contribution in [0.15, 0.2) is 24.3 Å². The zero-order chi connectivity index (χ0) is 10.4. The fourth-order valence-corrected chi connectivity index (χ4v) is 1.31. The van der Waals surface area contributed by atoms with Crippen molar-refractivity contribution in [2.45, 2.75) is 19.8 Å². The minimum Gasteiger partial charge on any atom is -0.481 e. The number of aliphatic carboxylic acids is 1. The molecular formula is C11H16ClNO2. The standard InChI is InChI=1S/C11H15NO2.ClH/c1-2-9-5-3-4-6-10(9)12-8-7-11(13)14;/h3-6,12H,2,7-8H2,1H3,(H,13,14);1H. The number of carbonyl (C=O) groups is 1. The van der Waals surface area contributed by atoms with E-state index in [1.54, 1.807) is 0 Å². The Labute approximate surface area is 95.9 Å². The van der Waals surface area contributed by atoms with Crippen LogP contribution in [-0.4, -0.2) is 17.6 Å². The molecule has 0 aliphatic rings. The average molecular weight is 230 g/mol. The highest BCUT2D eigenvalue weighted by Crippen LogP contribution is 2.14. The SMILES string of the molecule is CCc1ccccc1NCCC(=O)O.Cl. The third-order valence-corrected chi connectivity index (χ3v) is 2.05. The summed E-state index contributed by atoms with van der Waals surface area (Å²) in [6, 6.07) is 7.95. The number of para-hydroxylation sites is 1. The lowest BCUT2D eigenvalue weighted by Gasteiger charge is -2.09. The van der Waals surface area contributed by atoms with Gasteiger partial charge < -0.3 is 10.4 Å². The van der Waals surface area contributed by atoms with Gasteiger partial charge in [-0.3, -0.25) is 4.79 Å². The van der Waals surface area contributed by atoms with Crippen LogP contribution >= 0.6 is 12.4 Å². The number of anilines is 1. The largest absolute Gasteiger partial charge is 0.481 e. The summed E-state index contributed by atoms with van der Waals surface area (Å²) in [6.45, 7) is 2.56. The molecule has 1 aromatic rings. The Morgan fingerprint density at radius 3 is 2.67 bits per heavy atom. The molecule has 0 spiro atoms. The molecule has 0 radical (unpaired) electrons. The fraction of sp³-hybridized carbons (Fsp3) is 0.364. The molecule has 84 valence electrons. The molecule has 0 bridgehead atoms. The van der Waals surface area contributed by atoms with Gasteiger partial charge in [-0.05, 0) is 18.1 Å². The fourth-order valence-electron chi connectivity index (χ4n) is 1.31. The second-order valence-corrected chi connectivity index (χ2v) is 3.08. The molecule has 2 N–H and O–H groups in total. The Morgan fingerprint density at radius 2 is 2.07 bits per heavy atom. The second-order valence-electron chi connectivity index (χ2n) is 3.08. The number of rotatable bonds is 5. The van der Waals surface area contributed by atoms with E-state index in [1.807, 2.05) is 24.3 Å². The molecule has 0 aromatic heterocycles. The Balaban J connectivity index is 0.00000196. The topological polar surface area (TPSA) is 49.3 Å². The van der Waals surface area contributed by atoms with Crippen LogP contribution < -0.4 is 5.32 Å². The van der Waals surface area contributed by atoms with E-state index in [0.717, 1.165) is 12.1 Å². The van der Waals surface area contributed by atoms with Gasteiger partial charge in [0.15, 0.2) is 0 Å². The van der Waals surface area contributed by atoms with Crippen LogP contribution in [-0.2, 0) is 11.2 Å². The smallest absolute Gasteiger partial charge is 0.305 e. The van der Waals surface area contributed by atoms with Gasteiger partial charge in [0.25, 0.3) is 0 Å². The van der Waals surface area contributed by atoms with E-state index < -0.39 is 5.97 Å². The maximum Gasteiger partial charge on any atom is 0.305 e. The molecule has 0 heterocycles. The Bertz CT molecular complexity index is 315. The number of nitrogens with one attached hydrogen (secondary N) is 1. The van der Waals surface area contributed by atoms with E-state index in [2.05, 4.69) is 12.2 Å². The maximum absolute atomic E-state index is 10.3. The molecule has 1 aromatic carbocycles.